The van der Waals surface area contributed by atoms with Crippen molar-refractivity contribution in [2.24, 2.45) is 0 Å². The quantitative estimate of drug-likeness (QED) is 0.261. The van der Waals surface area contributed by atoms with Crippen LogP contribution < -0.4 is 4.74 Å². The third-order valence-electron chi connectivity index (χ3n) is 5.17. The molecule has 0 radical (unpaired) electrons. The van der Waals surface area contributed by atoms with Crippen LogP contribution in [-0.4, -0.2) is 15.7 Å². The van der Waals surface area contributed by atoms with Gasteiger partial charge in [-0.1, -0.05) is 30.3 Å². The molecule has 0 atom stereocenters. The molecule has 5 rings (SSSR count). The fraction of sp³-hybridized carbons (Fsp3) is 0.0800. The molecule has 0 saturated carbocycles. The standard InChI is InChI=1S/C25H18N2O3S/c28-27(29)24-9-5-4-6-17(24)10-12-22-20-14-15-31-25(20)21-16-19(11-13-23(21)26-22)30-18-7-2-1-3-8-18/h1-13,16H,14-15H2/b12-10+. The van der Waals surface area contributed by atoms with Crippen LogP contribution in [0.25, 0.3) is 23.1 Å². The lowest BCUT2D eigenvalue weighted by Gasteiger charge is -2.11. The van der Waals surface area contributed by atoms with E-state index in [1.165, 1.54) is 16.5 Å². The molecule has 0 N–H and O–H groups in total. The highest BCUT2D eigenvalue weighted by Gasteiger charge is 2.20. The Hall–Kier alpha value is -3.64. The molecule has 0 fully saturated rings. The minimum atomic E-state index is -0.359. The van der Waals surface area contributed by atoms with E-state index in [2.05, 4.69) is 0 Å². The third-order valence-corrected chi connectivity index (χ3v) is 6.33. The molecule has 0 amide bonds. The lowest BCUT2D eigenvalue weighted by molar-refractivity contribution is -0.385. The summed E-state index contributed by atoms with van der Waals surface area (Å²) in [7, 11) is 0. The molecule has 6 heteroatoms. The Morgan fingerprint density at radius 1 is 0.968 bits per heavy atom. The first-order chi connectivity index (χ1) is 15.2. The van der Waals surface area contributed by atoms with Gasteiger partial charge in [-0.15, -0.1) is 11.8 Å². The van der Waals surface area contributed by atoms with E-state index in [0.717, 1.165) is 40.3 Å². The molecule has 2 heterocycles. The van der Waals surface area contributed by atoms with Crippen LogP contribution in [0.1, 0.15) is 16.8 Å². The van der Waals surface area contributed by atoms with Crippen LogP contribution in [-0.2, 0) is 6.42 Å². The van der Waals surface area contributed by atoms with Gasteiger partial charge in [-0.2, -0.15) is 0 Å². The van der Waals surface area contributed by atoms with Crippen LogP contribution in [0.5, 0.6) is 11.5 Å². The van der Waals surface area contributed by atoms with Crippen LogP contribution in [0.4, 0.5) is 5.69 Å². The highest BCUT2D eigenvalue weighted by atomic mass is 32.2. The molecule has 0 saturated heterocycles. The molecule has 0 unspecified atom stereocenters. The molecule has 31 heavy (non-hydrogen) atoms. The van der Waals surface area contributed by atoms with Gasteiger partial charge in [0.2, 0.25) is 0 Å². The number of para-hydroxylation sites is 2. The predicted octanol–water partition coefficient (Wildman–Crippen LogP) is 6.75. The average Bonchev–Trinajstić information content (AvgIpc) is 3.29. The molecule has 0 aliphatic carbocycles. The van der Waals surface area contributed by atoms with E-state index in [9.17, 15) is 10.1 Å². The molecule has 0 spiro atoms. The number of aromatic nitrogens is 1. The Labute approximate surface area is 183 Å². The van der Waals surface area contributed by atoms with E-state index >= 15 is 0 Å². The van der Waals surface area contributed by atoms with E-state index in [-0.39, 0.29) is 10.6 Å². The number of nitro groups is 1. The zero-order valence-corrected chi connectivity index (χ0v) is 17.3. The first-order valence-electron chi connectivity index (χ1n) is 9.93. The van der Waals surface area contributed by atoms with Crippen LogP contribution in [0.15, 0.2) is 77.7 Å². The minimum absolute atomic E-state index is 0.0910. The number of rotatable bonds is 5. The van der Waals surface area contributed by atoms with Crippen LogP contribution in [0.3, 0.4) is 0 Å². The molecule has 5 nitrogen and oxygen atoms in total. The fourth-order valence-electron chi connectivity index (χ4n) is 3.72. The van der Waals surface area contributed by atoms with Crippen LogP contribution >= 0.6 is 11.8 Å². The summed E-state index contributed by atoms with van der Waals surface area (Å²) in [6.07, 6.45) is 4.59. The van der Waals surface area contributed by atoms with Crippen molar-refractivity contribution < 1.29 is 9.66 Å². The normalized spacial score (nSPS) is 12.9. The summed E-state index contributed by atoms with van der Waals surface area (Å²) < 4.78 is 6.00. The number of hydrogen-bond acceptors (Lipinski definition) is 5. The largest absolute Gasteiger partial charge is 0.457 e. The zero-order valence-electron chi connectivity index (χ0n) is 16.5. The number of fused-ring (bicyclic) bond motifs is 3. The van der Waals surface area contributed by atoms with Gasteiger partial charge in [-0.25, -0.2) is 4.98 Å². The van der Waals surface area contributed by atoms with Crippen molar-refractivity contribution in [3.8, 4) is 11.5 Å². The molecule has 1 aliphatic heterocycles. The second kappa shape index (κ2) is 8.24. The van der Waals surface area contributed by atoms with Crippen molar-refractivity contribution in [3.05, 3.63) is 99.7 Å². The number of thioether (sulfide) groups is 1. The summed E-state index contributed by atoms with van der Waals surface area (Å²) in [4.78, 5) is 17.0. The van der Waals surface area contributed by atoms with Crippen molar-refractivity contribution in [2.75, 3.05) is 5.75 Å². The van der Waals surface area contributed by atoms with Gasteiger partial charge in [0, 0.05) is 22.1 Å². The molecule has 4 aromatic rings. The zero-order chi connectivity index (χ0) is 21.2. The Morgan fingerprint density at radius 2 is 1.77 bits per heavy atom. The van der Waals surface area contributed by atoms with Crippen LogP contribution in [0, 0.1) is 10.1 Å². The minimum Gasteiger partial charge on any atom is -0.457 e. The van der Waals surface area contributed by atoms with Gasteiger partial charge in [-0.3, -0.25) is 10.1 Å². The average molecular weight is 426 g/mol. The van der Waals surface area contributed by atoms with Crippen molar-refractivity contribution in [2.45, 2.75) is 11.3 Å². The number of ether oxygens (including phenoxy) is 1. The molecule has 1 aliphatic rings. The topological polar surface area (TPSA) is 65.3 Å². The Morgan fingerprint density at radius 3 is 2.61 bits per heavy atom. The highest BCUT2D eigenvalue weighted by Crippen LogP contribution is 2.40. The van der Waals surface area contributed by atoms with Crippen molar-refractivity contribution in [1.82, 2.24) is 4.98 Å². The SMILES string of the molecule is O=[N+]([O-])c1ccccc1/C=C/c1nc2ccc(Oc3ccccc3)cc2c2c1CCS2. The van der Waals surface area contributed by atoms with E-state index in [0.29, 0.717) is 5.56 Å². The third kappa shape index (κ3) is 3.90. The van der Waals surface area contributed by atoms with Gasteiger partial charge >= 0.3 is 0 Å². The maximum atomic E-state index is 11.3. The number of nitrogens with zero attached hydrogens (tertiary/aromatic N) is 2. The predicted molar refractivity (Wildman–Crippen MR) is 125 cm³/mol. The van der Waals surface area contributed by atoms with Gasteiger partial charge in [0.25, 0.3) is 5.69 Å². The smallest absolute Gasteiger partial charge is 0.276 e. The van der Waals surface area contributed by atoms with E-state index in [1.54, 1.807) is 24.3 Å². The molecular formula is C25H18N2O3S. The lowest BCUT2D eigenvalue weighted by atomic mass is 10.0. The summed E-state index contributed by atoms with van der Waals surface area (Å²) in [5, 5.41) is 12.4. The van der Waals surface area contributed by atoms with E-state index in [4.69, 9.17) is 9.72 Å². The van der Waals surface area contributed by atoms with Gasteiger partial charge in [0.1, 0.15) is 11.5 Å². The number of pyridine rings is 1. The summed E-state index contributed by atoms with van der Waals surface area (Å²) in [5.41, 5.74) is 3.59. The van der Waals surface area contributed by atoms with Gasteiger partial charge in [0.15, 0.2) is 0 Å². The summed E-state index contributed by atoms with van der Waals surface area (Å²) in [6, 6.07) is 22.4. The maximum absolute atomic E-state index is 11.3. The second-order valence-electron chi connectivity index (χ2n) is 7.15. The summed E-state index contributed by atoms with van der Waals surface area (Å²) >= 11 is 1.82. The Kier molecular flexibility index (Phi) is 5.14. The summed E-state index contributed by atoms with van der Waals surface area (Å²) in [6.45, 7) is 0. The molecular weight excluding hydrogens is 408 g/mol. The van der Waals surface area contributed by atoms with Crippen molar-refractivity contribution >= 4 is 40.5 Å². The van der Waals surface area contributed by atoms with Crippen molar-refractivity contribution in [3.63, 3.8) is 0 Å². The maximum Gasteiger partial charge on any atom is 0.276 e. The number of benzene rings is 3. The molecule has 3 aromatic carbocycles. The van der Waals surface area contributed by atoms with E-state index < -0.39 is 0 Å². The second-order valence-corrected chi connectivity index (χ2v) is 8.25. The van der Waals surface area contributed by atoms with Gasteiger partial charge in [0.05, 0.1) is 21.7 Å². The monoisotopic (exact) mass is 426 g/mol. The first kappa shape index (κ1) is 19.3. The highest BCUT2D eigenvalue weighted by molar-refractivity contribution is 7.99. The lowest BCUT2D eigenvalue weighted by Crippen LogP contribution is -1.95. The van der Waals surface area contributed by atoms with E-state index in [1.807, 2.05) is 66.4 Å². The number of hydrogen-bond donors (Lipinski definition) is 0. The fourth-order valence-corrected chi connectivity index (χ4v) is 4.93. The van der Waals surface area contributed by atoms with Gasteiger partial charge in [-0.05, 0) is 60.5 Å². The molecule has 0 bridgehead atoms. The Bertz CT molecular complexity index is 1320. The van der Waals surface area contributed by atoms with Crippen molar-refractivity contribution in [1.29, 1.82) is 0 Å². The van der Waals surface area contributed by atoms with Gasteiger partial charge < -0.3 is 4.74 Å². The molecule has 152 valence electrons. The first-order valence-corrected chi connectivity index (χ1v) is 10.9. The summed E-state index contributed by atoms with van der Waals surface area (Å²) in [5.74, 6) is 2.56. The number of nitro benzene ring substituents is 1. The Balaban J connectivity index is 1.54. The molecule has 1 aromatic heterocycles. The van der Waals surface area contributed by atoms with Crippen LogP contribution in [0.2, 0.25) is 0 Å².